The second kappa shape index (κ2) is 5.79. The monoisotopic (exact) mass is 336 g/mol. The standard InChI is InChI=1S/C15H17BrN2O2/c1-15(2,3)20-14(19)18-9-10-6-11-4-5-12(16)7-13(11)17-8-10/h4-8H,9H2,1-3H3,(H,18,19). The Morgan fingerprint density at radius 1 is 1.35 bits per heavy atom. The van der Waals surface area contributed by atoms with Gasteiger partial charge in [0.05, 0.1) is 5.52 Å². The minimum absolute atomic E-state index is 0.397. The molecule has 2 rings (SSSR count). The summed E-state index contributed by atoms with van der Waals surface area (Å²) in [4.78, 5) is 16.0. The van der Waals surface area contributed by atoms with E-state index in [0.717, 1.165) is 20.9 Å². The van der Waals surface area contributed by atoms with Crippen molar-refractivity contribution in [2.24, 2.45) is 0 Å². The Kier molecular flexibility index (Phi) is 4.28. The lowest BCUT2D eigenvalue weighted by Gasteiger charge is -2.19. The first-order valence-electron chi connectivity index (χ1n) is 6.34. The number of nitrogens with one attached hydrogen (secondary N) is 1. The smallest absolute Gasteiger partial charge is 0.407 e. The third-order valence-corrected chi connectivity index (χ3v) is 3.03. The van der Waals surface area contributed by atoms with Crippen LogP contribution in [0.15, 0.2) is 34.9 Å². The second-order valence-corrected chi connectivity index (χ2v) is 6.45. The van der Waals surface area contributed by atoms with Gasteiger partial charge in [0, 0.05) is 22.6 Å². The number of nitrogens with zero attached hydrogens (tertiary/aromatic N) is 1. The predicted molar refractivity (Wildman–Crippen MR) is 82.5 cm³/mol. The van der Waals surface area contributed by atoms with Gasteiger partial charge in [0.25, 0.3) is 0 Å². The number of benzene rings is 1. The fraction of sp³-hybridized carbons (Fsp3) is 0.333. The van der Waals surface area contributed by atoms with E-state index in [1.165, 1.54) is 0 Å². The Bertz CT molecular complexity index is 635. The van der Waals surface area contributed by atoms with Gasteiger partial charge in [-0.3, -0.25) is 4.98 Å². The fourth-order valence-corrected chi connectivity index (χ4v) is 2.07. The highest BCUT2D eigenvalue weighted by atomic mass is 79.9. The quantitative estimate of drug-likeness (QED) is 0.900. The molecule has 1 aromatic carbocycles. The van der Waals surface area contributed by atoms with Gasteiger partial charge in [0.15, 0.2) is 0 Å². The lowest BCUT2D eigenvalue weighted by molar-refractivity contribution is 0.0523. The predicted octanol–water partition coefficient (Wildman–Crippen LogP) is 4.02. The number of hydrogen-bond donors (Lipinski definition) is 1. The van der Waals surface area contributed by atoms with Crippen LogP contribution >= 0.6 is 15.9 Å². The molecular formula is C15H17BrN2O2. The van der Waals surface area contributed by atoms with Crippen molar-refractivity contribution >= 4 is 32.9 Å². The molecule has 106 valence electrons. The van der Waals surface area contributed by atoms with E-state index < -0.39 is 11.7 Å². The molecule has 1 heterocycles. The van der Waals surface area contributed by atoms with Gasteiger partial charge in [-0.25, -0.2) is 4.79 Å². The summed E-state index contributed by atoms with van der Waals surface area (Å²) >= 11 is 3.42. The van der Waals surface area contributed by atoms with Crippen molar-refractivity contribution in [1.29, 1.82) is 0 Å². The third kappa shape index (κ3) is 4.20. The van der Waals surface area contributed by atoms with Crippen LogP contribution in [0.2, 0.25) is 0 Å². The van der Waals surface area contributed by atoms with Crippen LogP contribution < -0.4 is 5.32 Å². The number of halogens is 1. The Hall–Kier alpha value is -1.62. The summed E-state index contributed by atoms with van der Waals surface area (Å²) < 4.78 is 6.18. The molecule has 1 aromatic heterocycles. The summed E-state index contributed by atoms with van der Waals surface area (Å²) in [6.07, 6.45) is 1.33. The lowest BCUT2D eigenvalue weighted by atomic mass is 10.1. The summed E-state index contributed by atoms with van der Waals surface area (Å²) in [7, 11) is 0. The Balaban J connectivity index is 2.03. The Morgan fingerprint density at radius 3 is 2.80 bits per heavy atom. The molecule has 0 radical (unpaired) electrons. The van der Waals surface area contributed by atoms with Gasteiger partial charge in [-0.2, -0.15) is 0 Å². The zero-order valence-corrected chi connectivity index (χ0v) is 13.3. The molecule has 0 spiro atoms. The van der Waals surface area contributed by atoms with Gasteiger partial charge < -0.3 is 10.1 Å². The van der Waals surface area contributed by atoms with E-state index in [0.29, 0.717) is 6.54 Å². The number of carbonyl (C=O) groups excluding carboxylic acids is 1. The highest BCUT2D eigenvalue weighted by Gasteiger charge is 2.15. The van der Waals surface area contributed by atoms with Gasteiger partial charge in [0.2, 0.25) is 0 Å². The van der Waals surface area contributed by atoms with Crippen LogP contribution in [0.1, 0.15) is 26.3 Å². The van der Waals surface area contributed by atoms with E-state index in [1.54, 1.807) is 6.20 Å². The van der Waals surface area contributed by atoms with Crippen molar-refractivity contribution in [3.63, 3.8) is 0 Å². The molecule has 4 nitrogen and oxygen atoms in total. The number of rotatable bonds is 2. The lowest BCUT2D eigenvalue weighted by Crippen LogP contribution is -2.32. The maximum atomic E-state index is 11.6. The minimum atomic E-state index is -0.488. The van der Waals surface area contributed by atoms with Gasteiger partial charge in [0.1, 0.15) is 5.60 Å². The number of aromatic nitrogens is 1. The molecule has 0 aliphatic rings. The van der Waals surface area contributed by atoms with E-state index in [4.69, 9.17) is 4.74 Å². The number of carbonyl (C=O) groups is 1. The van der Waals surface area contributed by atoms with E-state index in [1.807, 2.05) is 45.0 Å². The molecule has 0 unspecified atom stereocenters. The van der Waals surface area contributed by atoms with Gasteiger partial charge >= 0.3 is 6.09 Å². The number of pyridine rings is 1. The largest absolute Gasteiger partial charge is 0.444 e. The molecule has 0 saturated heterocycles. The molecular weight excluding hydrogens is 320 g/mol. The number of alkyl carbamates (subject to hydrolysis) is 1. The van der Waals surface area contributed by atoms with Crippen LogP contribution in [0.3, 0.4) is 0 Å². The van der Waals surface area contributed by atoms with Crippen LogP contribution in [-0.2, 0) is 11.3 Å². The van der Waals surface area contributed by atoms with E-state index >= 15 is 0 Å². The van der Waals surface area contributed by atoms with E-state index in [9.17, 15) is 4.79 Å². The molecule has 0 fully saturated rings. The molecule has 0 atom stereocenters. The average Bonchev–Trinajstić information content (AvgIpc) is 2.34. The zero-order chi connectivity index (χ0) is 14.8. The molecule has 5 heteroatoms. The Morgan fingerprint density at radius 2 is 2.10 bits per heavy atom. The van der Waals surface area contributed by atoms with Gasteiger partial charge in [-0.05, 0) is 44.5 Å². The van der Waals surface area contributed by atoms with Crippen LogP contribution in [0.25, 0.3) is 10.9 Å². The van der Waals surface area contributed by atoms with Crippen LogP contribution in [0.4, 0.5) is 4.79 Å². The van der Waals surface area contributed by atoms with Crippen LogP contribution in [-0.4, -0.2) is 16.7 Å². The molecule has 0 aliphatic heterocycles. The molecule has 2 aromatic rings. The minimum Gasteiger partial charge on any atom is -0.444 e. The van der Waals surface area contributed by atoms with Crippen molar-refractivity contribution in [2.75, 3.05) is 0 Å². The molecule has 1 amide bonds. The van der Waals surface area contributed by atoms with Gasteiger partial charge in [-0.15, -0.1) is 0 Å². The topological polar surface area (TPSA) is 51.2 Å². The normalized spacial score (nSPS) is 11.4. The number of amides is 1. The van der Waals surface area contributed by atoms with E-state index in [2.05, 4.69) is 26.2 Å². The van der Waals surface area contributed by atoms with Crippen molar-refractivity contribution in [2.45, 2.75) is 32.9 Å². The van der Waals surface area contributed by atoms with Crippen molar-refractivity contribution in [3.05, 3.63) is 40.5 Å². The van der Waals surface area contributed by atoms with Crippen LogP contribution in [0, 0.1) is 0 Å². The SMILES string of the molecule is CC(C)(C)OC(=O)NCc1cnc2cc(Br)ccc2c1. The van der Waals surface area contributed by atoms with E-state index in [-0.39, 0.29) is 0 Å². The molecule has 0 saturated carbocycles. The maximum Gasteiger partial charge on any atom is 0.407 e. The van der Waals surface area contributed by atoms with Gasteiger partial charge in [-0.1, -0.05) is 22.0 Å². The summed E-state index contributed by atoms with van der Waals surface area (Å²) in [5.41, 5.74) is 1.36. The molecule has 0 bridgehead atoms. The second-order valence-electron chi connectivity index (χ2n) is 5.54. The number of ether oxygens (including phenoxy) is 1. The summed E-state index contributed by atoms with van der Waals surface area (Å²) in [5, 5.41) is 3.76. The van der Waals surface area contributed by atoms with Crippen LogP contribution in [0.5, 0.6) is 0 Å². The number of fused-ring (bicyclic) bond motifs is 1. The fourth-order valence-electron chi connectivity index (χ4n) is 1.73. The summed E-state index contributed by atoms with van der Waals surface area (Å²) in [6.45, 7) is 5.90. The summed E-state index contributed by atoms with van der Waals surface area (Å²) in [6, 6.07) is 7.92. The first-order chi connectivity index (χ1) is 9.33. The highest BCUT2D eigenvalue weighted by molar-refractivity contribution is 9.10. The van der Waals surface area contributed by atoms with Crippen molar-refractivity contribution in [1.82, 2.24) is 10.3 Å². The molecule has 0 aliphatic carbocycles. The first kappa shape index (κ1) is 14.8. The first-order valence-corrected chi connectivity index (χ1v) is 7.14. The maximum absolute atomic E-state index is 11.6. The van der Waals surface area contributed by atoms with Crippen molar-refractivity contribution < 1.29 is 9.53 Å². The highest BCUT2D eigenvalue weighted by Crippen LogP contribution is 2.18. The zero-order valence-electron chi connectivity index (χ0n) is 11.7. The molecule has 20 heavy (non-hydrogen) atoms. The third-order valence-electron chi connectivity index (χ3n) is 2.54. The van der Waals surface area contributed by atoms with Crippen molar-refractivity contribution in [3.8, 4) is 0 Å². The Labute approximate surface area is 126 Å². The average molecular weight is 337 g/mol. The summed E-state index contributed by atoms with van der Waals surface area (Å²) in [5.74, 6) is 0. The molecule has 1 N–H and O–H groups in total. The number of hydrogen-bond acceptors (Lipinski definition) is 3.